The molecule has 1 heterocycles. The number of carbonyl (C=O) groups excluding carboxylic acids is 1. The van der Waals surface area contributed by atoms with Gasteiger partial charge in [0.2, 0.25) is 5.95 Å². The largest absolute Gasteiger partial charge is 0.351 e. The van der Waals surface area contributed by atoms with Crippen LogP contribution in [0.15, 0.2) is 30.6 Å². The quantitative estimate of drug-likeness (QED) is 0.835. The zero-order valence-electron chi connectivity index (χ0n) is 12.8. The van der Waals surface area contributed by atoms with Gasteiger partial charge in [-0.05, 0) is 32.3 Å². The van der Waals surface area contributed by atoms with Gasteiger partial charge in [0.1, 0.15) is 0 Å². The van der Waals surface area contributed by atoms with Crippen LogP contribution in [0.1, 0.15) is 10.4 Å². The molecule has 2 N–H and O–H groups in total. The van der Waals surface area contributed by atoms with Crippen LogP contribution in [-0.2, 0) is 0 Å². The molecule has 23 heavy (non-hydrogen) atoms. The van der Waals surface area contributed by atoms with Crippen molar-refractivity contribution < 1.29 is 4.79 Å². The molecule has 0 aliphatic carbocycles. The topological polar surface area (TPSA) is 70.2 Å². The van der Waals surface area contributed by atoms with E-state index in [-0.39, 0.29) is 5.91 Å². The first kappa shape index (κ1) is 17.5. The van der Waals surface area contributed by atoms with Gasteiger partial charge < -0.3 is 15.5 Å². The van der Waals surface area contributed by atoms with Crippen LogP contribution in [0.3, 0.4) is 0 Å². The summed E-state index contributed by atoms with van der Waals surface area (Å²) in [5.41, 5.74) is 1.04. The van der Waals surface area contributed by atoms with Crippen LogP contribution in [0.25, 0.3) is 0 Å². The van der Waals surface area contributed by atoms with Gasteiger partial charge in [-0.3, -0.25) is 4.79 Å². The Labute approximate surface area is 144 Å². The fraction of sp³-hybridized carbons (Fsp3) is 0.267. The Bertz CT molecular complexity index is 676. The predicted octanol–water partition coefficient (Wildman–Crippen LogP) is 2.82. The second kappa shape index (κ2) is 8.10. The maximum absolute atomic E-state index is 11.9. The zero-order valence-corrected chi connectivity index (χ0v) is 14.3. The van der Waals surface area contributed by atoms with Crippen molar-refractivity contribution in [2.45, 2.75) is 0 Å². The number of hydrogen-bond acceptors (Lipinski definition) is 5. The summed E-state index contributed by atoms with van der Waals surface area (Å²) < 4.78 is 0. The summed E-state index contributed by atoms with van der Waals surface area (Å²) in [6.07, 6.45) is 2.92. The number of aromatic nitrogens is 2. The Morgan fingerprint density at radius 2 is 1.91 bits per heavy atom. The molecule has 0 atom stereocenters. The molecule has 0 saturated carbocycles. The second-order valence-electron chi connectivity index (χ2n) is 5.10. The minimum atomic E-state index is -0.206. The molecule has 2 rings (SSSR count). The molecule has 0 aliphatic rings. The first-order valence-corrected chi connectivity index (χ1v) is 7.68. The molecule has 0 aliphatic heterocycles. The lowest BCUT2D eigenvalue weighted by molar-refractivity contribution is 0.0950. The fourth-order valence-electron chi connectivity index (χ4n) is 1.72. The molecule has 0 unspecified atom stereocenters. The number of nitrogens with zero attached hydrogens (tertiary/aromatic N) is 3. The Morgan fingerprint density at radius 3 is 2.52 bits per heavy atom. The number of carbonyl (C=O) groups is 1. The van der Waals surface area contributed by atoms with Crippen molar-refractivity contribution in [3.05, 3.63) is 46.2 Å². The molecule has 0 bridgehead atoms. The molecule has 0 fully saturated rings. The number of likely N-dealkylation sites (N-methyl/N-ethyl adjacent to an activating group) is 1. The maximum atomic E-state index is 11.9. The van der Waals surface area contributed by atoms with Crippen molar-refractivity contribution in [2.75, 3.05) is 32.5 Å². The number of halogens is 2. The van der Waals surface area contributed by atoms with Crippen LogP contribution >= 0.6 is 23.2 Å². The number of rotatable bonds is 6. The fourth-order valence-corrected chi connectivity index (χ4v) is 2.17. The smallest absolute Gasteiger partial charge is 0.254 e. The molecule has 2 aromatic rings. The molecular weight excluding hydrogens is 337 g/mol. The predicted molar refractivity (Wildman–Crippen MR) is 92.7 cm³/mol. The highest BCUT2D eigenvalue weighted by Gasteiger charge is 2.08. The van der Waals surface area contributed by atoms with Crippen LogP contribution in [0.2, 0.25) is 10.0 Å². The van der Waals surface area contributed by atoms with E-state index in [1.807, 2.05) is 19.0 Å². The number of amides is 1. The molecule has 0 radical (unpaired) electrons. The third-order valence-electron chi connectivity index (χ3n) is 2.94. The van der Waals surface area contributed by atoms with Gasteiger partial charge in [0.05, 0.1) is 16.3 Å². The van der Waals surface area contributed by atoms with Gasteiger partial charge in [-0.2, -0.15) is 0 Å². The molecule has 0 spiro atoms. The highest BCUT2D eigenvalue weighted by molar-refractivity contribution is 6.36. The minimum Gasteiger partial charge on any atom is -0.351 e. The molecule has 1 amide bonds. The van der Waals surface area contributed by atoms with Crippen molar-refractivity contribution in [3.63, 3.8) is 0 Å². The second-order valence-corrected chi connectivity index (χ2v) is 5.95. The lowest BCUT2D eigenvalue weighted by atomic mass is 10.3. The summed E-state index contributed by atoms with van der Waals surface area (Å²) in [6.45, 7) is 1.33. The van der Waals surface area contributed by atoms with Crippen molar-refractivity contribution in [1.82, 2.24) is 20.2 Å². The van der Waals surface area contributed by atoms with E-state index < -0.39 is 0 Å². The number of benzene rings is 1. The van der Waals surface area contributed by atoms with Gasteiger partial charge in [-0.15, -0.1) is 0 Å². The summed E-state index contributed by atoms with van der Waals surface area (Å²) in [5, 5.41) is 6.78. The van der Waals surface area contributed by atoms with E-state index in [1.165, 1.54) is 12.4 Å². The maximum Gasteiger partial charge on any atom is 0.254 e. The lowest BCUT2D eigenvalue weighted by Crippen LogP contribution is -2.31. The van der Waals surface area contributed by atoms with Crippen LogP contribution in [0.5, 0.6) is 0 Å². The molecule has 6 nitrogen and oxygen atoms in total. The van der Waals surface area contributed by atoms with E-state index in [2.05, 4.69) is 20.6 Å². The molecule has 8 heteroatoms. The Balaban J connectivity index is 1.97. The van der Waals surface area contributed by atoms with E-state index in [9.17, 15) is 4.79 Å². The van der Waals surface area contributed by atoms with E-state index in [0.29, 0.717) is 33.8 Å². The van der Waals surface area contributed by atoms with Crippen LogP contribution in [0.4, 0.5) is 11.6 Å². The van der Waals surface area contributed by atoms with E-state index in [0.717, 1.165) is 6.54 Å². The normalized spacial score (nSPS) is 10.7. The first-order valence-electron chi connectivity index (χ1n) is 6.93. The summed E-state index contributed by atoms with van der Waals surface area (Å²) in [5.74, 6) is 0.141. The SMILES string of the molecule is CN(C)CCNC(=O)c1cnc(Nc2ccc(Cl)cc2Cl)nc1. The van der Waals surface area contributed by atoms with Crippen LogP contribution < -0.4 is 10.6 Å². The van der Waals surface area contributed by atoms with Gasteiger partial charge in [0.25, 0.3) is 5.91 Å². The van der Waals surface area contributed by atoms with Gasteiger partial charge >= 0.3 is 0 Å². The van der Waals surface area contributed by atoms with Gasteiger partial charge in [-0.1, -0.05) is 23.2 Å². The van der Waals surface area contributed by atoms with Crippen molar-refractivity contribution in [2.24, 2.45) is 0 Å². The van der Waals surface area contributed by atoms with E-state index in [4.69, 9.17) is 23.2 Å². The Morgan fingerprint density at radius 1 is 1.22 bits per heavy atom. The van der Waals surface area contributed by atoms with Crippen molar-refractivity contribution in [1.29, 1.82) is 0 Å². The Hall–Kier alpha value is -1.89. The molecule has 122 valence electrons. The summed E-state index contributed by atoms with van der Waals surface area (Å²) >= 11 is 11.9. The Kier molecular flexibility index (Phi) is 6.15. The number of hydrogen-bond donors (Lipinski definition) is 2. The van der Waals surface area contributed by atoms with Crippen molar-refractivity contribution >= 4 is 40.7 Å². The zero-order chi connectivity index (χ0) is 16.8. The third kappa shape index (κ3) is 5.35. The molecule has 0 saturated heterocycles. The van der Waals surface area contributed by atoms with Gasteiger partial charge in [-0.25, -0.2) is 9.97 Å². The highest BCUT2D eigenvalue weighted by Crippen LogP contribution is 2.26. The minimum absolute atomic E-state index is 0.206. The monoisotopic (exact) mass is 353 g/mol. The van der Waals surface area contributed by atoms with Crippen LogP contribution in [-0.4, -0.2) is 48.0 Å². The average Bonchev–Trinajstić information content (AvgIpc) is 2.50. The molecule has 1 aromatic heterocycles. The average molecular weight is 354 g/mol. The lowest BCUT2D eigenvalue weighted by Gasteiger charge is -2.10. The summed E-state index contributed by atoms with van der Waals surface area (Å²) in [6, 6.07) is 5.07. The van der Waals surface area contributed by atoms with E-state index in [1.54, 1.807) is 18.2 Å². The van der Waals surface area contributed by atoms with Crippen LogP contribution in [0, 0.1) is 0 Å². The number of anilines is 2. The summed E-state index contributed by atoms with van der Waals surface area (Å²) in [4.78, 5) is 22.1. The van der Waals surface area contributed by atoms with Crippen molar-refractivity contribution in [3.8, 4) is 0 Å². The van der Waals surface area contributed by atoms with E-state index >= 15 is 0 Å². The van der Waals surface area contributed by atoms with Gasteiger partial charge in [0.15, 0.2) is 0 Å². The third-order valence-corrected chi connectivity index (χ3v) is 3.48. The molecule has 1 aromatic carbocycles. The summed E-state index contributed by atoms with van der Waals surface area (Å²) in [7, 11) is 3.88. The highest BCUT2D eigenvalue weighted by atomic mass is 35.5. The van der Waals surface area contributed by atoms with Gasteiger partial charge in [0, 0.05) is 30.5 Å². The number of nitrogens with one attached hydrogen (secondary N) is 2. The first-order chi connectivity index (χ1) is 11.0. The standard InChI is InChI=1S/C15H17Cl2N5O/c1-22(2)6-5-18-14(23)10-8-19-15(20-9-10)21-13-4-3-11(16)7-12(13)17/h3-4,7-9H,5-6H2,1-2H3,(H,18,23)(H,19,20,21). The molecular formula is C15H17Cl2N5O.